The number of hydrogen-bond acceptors (Lipinski definition) is 6. The van der Waals surface area contributed by atoms with Gasteiger partial charge in [0.2, 0.25) is 11.7 Å². The Kier molecular flexibility index (Phi) is 4.14. The number of aromatic nitrogens is 4. The zero-order valence-electron chi connectivity index (χ0n) is 11.4. The van der Waals surface area contributed by atoms with E-state index in [0.717, 1.165) is 11.0 Å². The Bertz CT molecular complexity index is 739. The van der Waals surface area contributed by atoms with Gasteiger partial charge in [0.25, 0.3) is 0 Å². The van der Waals surface area contributed by atoms with Crippen LogP contribution in [0.2, 0.25) is 5.02 Å². The molecule has 0 bridgehead atoms. The molecule has 7 nitrogen and oxygen atoms in total. The summed E-state index contributed by atoms with van der Waals surface area (Å²) in [7, 11) is 1.65. The van der Waals surface area contributed by atoms with Crippen molar-refractivity contribution in [1.29, 1.82) is 0 Å². The maximum absolute atomic E-state index is 6.36. The average Bonchev–Trinajstić information content (AvgIpc) is 3.13. The summed E-state index contributed by atoms with van der Waals surface area (Å²) in [5.41, 5.74) is 1.38. The van der Waals surface area contributed by atoms with E-state index in [0.29, 0.717) is 42.0 Å². The largest absolute Gasteiger partial charge is 0.383 e. The monoisotopic (exact) mass is 307 g/mol. The van der Waals surface area contributed by atoms with Gasteiger partial charge in [-0.05, 0) is 6.07 Å². The number of nitrogens with one attached hydrogen (secondary N) is 2. The molecule has 0 atom stereocenters. The van der Waals surface area contributed by atoms with E-state index in [1.165, 1.54) is 0 Å². The molecule has 0 aliphatic carbocycles. The number of ether oxygens (including phenoxy) is 1. The number of H-pyrrole nitrogens is 1. The predicted octanol–water partition coefficient (Wildman–Crippen LogP) is 2.00. The molecule has 8 heteroatoms. The van der Waals surface area contributed by atoms with Crippen molar-refractivity contribution in [3.63, 3.8) is 0 Å². The average molecular weight is 308 g/mol. The molecular weight excluding hydrogens is 294 g/mol. The van der Waals surface area contributed by atoms with Crippen LogP contribution < -0.4 is 5.32 Å². The number of fused-ring (bicyclic) bond motifs is 1. The highest BCUT2D eigenvalue weighted by atomic mass is 35.5. The van der Waals surface area contributed by atoms with Gasteiger partial charge in [-0.1, -0.05) is 16.8 Å². The molecule has 110 valence electrons. The van der Waals surface area contributed by atoms with Crippen molar-refractivity contribution in [2.75, 3.05) is 20.3 Å². The number of nitrogens with zero attached hydrogens (tertiary/aromatic N) is 3. The Morgan fingerprint density at radius 3 is 3.24 bits per heavy atom. The Labute approximate surface area is 125 Å². The topological polar surface area (TPSA) is 88.9 Å². The lowest BCUT2D eigenvalue weighted by Gasteiger charge is -2.00. The van der Waals surface area contributed by atoms with Crippen LogP contribution in [0.4, 0.5) is 0 Å². The third kappa shape index (κ3) is 2.90. The van der Waals surface area contributed by atoms with E-state index in [2.05, 4.69) is 25.4 Å². The summed E-state index contributed by atoms with van der Waals surface area (Å²) in [5, 5.41) is 8.47. The molecule has 0 aliphatic rings. The Morgan fingerprint density at radius 2 is 2.38 bits per heavy atom. The molecule has 0 saturated carbocycles. The van der Waals surface area contributed by atoms with Crippen LogP contribution in [0.25, 0.3) is 22.4 Å². The Morgan fingerprint density at radius 1 is 1.48 bits per heavy atom. The zero-order valence-corrected chi connectivity index (χ0v) is 12.1. The van der Waals surface area contributed by atoms with Crippen molar-refractivity contribution in [3.8, 4) is 11.4 Å². The second-order valence-corrected chi connectivity index (χ2v) is 4.79. The fraction of sp³-hybridized carbons (Fsp3) is 0.308. The van der Waals surface area contributed by atoms with Crippen LogP contribution in [0.3, 0.4) is 0 Å². The summed E-state index contributed by atoms with van der Waals surface area (Å²) in [6.45, 7) is 1.82. The molecule has 3 aromatic heterocycles. The van der Waals surface area contributed by atoms with Crippen LogP contribution >= 0.6 is 11.6 Å². The Hall–Kier alpha value is -1.96. The van der Waals surface area contributed by atoms with Gasteiger partial charge in [-0.2, -0.15) is 4.98 Å². The van der Waals surface area contributed by atoms with E-state index < -0.39 is 0 Å². The second kappa shape index (κ2) is 6.21. The number of hydrogen-bond donors (Lipinski definition) is 2. The molecule has 0 fully saturated rings. The molecule has 0 aromatic carbocycles. The van der Waals surface area contributed by atoms with Gasteiger partial charge in [-0.3, -0.25) is 0 Å². The minimum absolute atomic E-state index is 0.430. The summed E-state index contributed by atoms with van der Waals surface area (Å²) in [6.07, 6.45) is 3.42. The first-order valence-electron chi connectivity index (χ1n) is 6.44. The zero-order chi connectivity index (χ0) is 14.7. The van der Waals surface area contributed by atoms with Crippen LogP contribution in [-0.4, -0.2) is 40.4 Å². The number of rotatable bonds is 6. The van der Waals surface area contributed by atoms with Gasteiger partial charge in [0.1, 0.15) is 5.65 Å². The van der Waals surface area contributed by atoms with Crippen molar-refractivity contribution in [2.24, 2.45) is 0 Å². The summed E-state index contributed by atoms with van der Waals surface area (Å²) >= 11 is 6.36. The van der Waals surface area contributed by atoms with Gasteiger partial charge in [0, 0.05) is 31.4 Å². The molecular formula is C13H14ClN5O2. The Balaban J connectivity index is 1.79. The molecule has 3 rings (SSSR count). The van der Waals surface area contributed by atoms with E-state index in [-0.39, 0.29) is 0 Å². The molecule has 0 aliphatic heterocycles. The van der Waals surface area contributed by atoms with Crippen LogP contribution in [0.15, 0.2) is 23.0 Å². The third-order valence-corrected chi connectivity index (χ3v) is 3.40. The molecule has 0 unspecified atom stereocenters. The molecule has 0 radical (unpaired) electrons. The van der Waals surface area contributed by atoms with Gasteiger partial charge in [-0.15, -0.1) is 0 Å². The maximum Gasteiger partial charge on any atom is 0.240 e. The first-order chi connectivity index (χ1) is 10.3. The highest BCUT2D eigenvalue weighted by Crippen LogP contribution is 2.30. The van der Waals surface area contributed by atoms with Crippen LogP contribution in [0.5, 0.6) is 0 Å². The molecule has 0 spiro atoms. The van der Waals surface area contributed by atoms with Gasteiger partial charge < -0.3 is 19.6 Å². The standard InChI is InChI=1S/C13H14ClN5O2/c1-20-5-4-15-7-10-18-13(19-21-10)9-6-17-12-8(11(9)14)2-3-16-12/h2-3,6,15H,4-5,7H2,1H3,(H,16,17). The normalized spacial score (nSPS) is 11.3. The summed E-state index contributed by atoms with van der Waals surface area (Å²) in [5.74, 6) is 0.922. The quantitative estimate of drug-likeness (QED) is 0.677. The van der Waals surface area contributed by atoms with Crippen LogP contribution in [-0.2, 0) is 11.3 Å². The first-order valence-corrected chi connectivity index (χ1v) is 6.81. The first kappa shape index (κ1) is 14.0. The smallest absolute Gasteiger partial charge is 0.240 e. The molecule has 0 saturated heterocycles. The highest BCUT2D eigenvalue weighted by molar-refractivity contribution is 6.37. The minimum Gasteiger partial charge on any atom is -0.383 e. The number of halogens is 1. The molecule has 3 heterocycles. The summed E-state index contributed by atoms with van der Waals surface area (Å²) in [6, 6.07) is 1.86. The van der Waals surface area contributed by atoms with E-state index in [4.69, 9.17) is 20.9 Å². The lowest BCUT2D eigenvalue weighted by atomic mass is 10.2. The van der Waals surface area contributed by atoms with Gasteiger partial charge >= 0.3 is 0 Å². The van der Waals surface area contributed by atoms with Gasteiger partial charge in [0.05, 0.1) is 23.7 Å². The lowest BCUT2D eigenvalue weighted by molar-refractivity contribution is 0.197. The third-order valence-electron chi connectivity index (χ3n) is 2.99. The molecule has 21 heavy (non-hydrogen) atoms. The van der Waals surface area contributed by atoms with Crippen molar-refractivity contribution < 1.29 is 9.26 Å². The van der Waals surface area contributed by atoms with E-state index in [1.54, 1.807) is 19.5 Å². The van der Waals surface area contributed by atoms with Gasteiger partial charge in [0.15, 0.2) is 0 Å². The molecule has 0 amide bonds. The predicted molar refractivity (Wildman–Crippen MR) is 78.0 cm³/mol. The summed E-state index contributed by atoms with van der Waals surface area (Å²) in [4.78, 5) is 11.6. The minimum atomic E-state index is 0.430. The van der Waals surface area contributed by atoms with Crippen molar-refractivity contribution in [2.45, 2.75) is 6.54 Å². The number of pyridine rings is 1. The highest BCUT2D eigenvalue weighted by Gasteiger charge is 2.15. The second-order valence-electron chi connectivity index (χ2n) is 4.41. The fourth-order valence-electron chi connectivity index (χ4n) is 1.94. The summed E-state index contributed by atoms with van der Waals surface area (Å²) < 4.78 is 10.1. The lowest BCUT2D eigenvalue weighted by Crippen LogP contribution is -2.18. The van der Waals surface area contributed by atoms with Crippen molar-refractivity contribution in [3.05, 3.63) is 29.4 Å². The fourth-order valence-corrected chi connectivity index (χ4v) is 2.22. The van der Waals surface area contributed by atoms with Gasteiger partial charge in [-0.25, -0.2) is 4.98 Å². The molecule has 2 N–H and O–H groups in total. The maximum atomic E-state index is 6.36. The SMILES string of the molecule is COCCNCc1nc(-c2cnc3[nH]ccc3c2Cl)no1. The van der Waals surface area contributed by atoms with E-state index in [9.17, 15) is 0 Å². The van der Waals surface area contributed by atoms with E-state index in [1.807, 2.05) is 6.07 Å². The van der Waals surface area contributed by atoms with Crippen LogP contribution in [0, 0.1) is 0 Å². The van der Waals surface area contributed by atoms with Crippen molar-refractivity contribution >= 4 is 22.6 Å². The van der Waals surface area contributed by atoms with Crippen LogP contribution in [0.1, 0.15) is 5.89 Å². The molecule has 3 aromatic rings. The number of aromatic amines is 1. The van der Waals surface area contributed by atoms with E-state index >= 15 is 0 Å². The van der Waals surface area contributed by atoms with Crippen molar-refractivity contribution in [1.82, 2.24) is 25.4 Å². The number of methoxy groups -OCH3 is 1.